The standard InChI is InChI=1S/C14H16F2N2O2/c1-14(2)13(20)18(7-6-11(19)17-14)8-9-4-3-5-10(15)12(9)16/h3-5H,6-8H2,1-2H3,(H,17,19). The number of amides is 2. The summed E-state index contributed by atoms with van der Waals surface area (Å²) in [7, 11) is 0. The number of rotatable bonds is 2. The average Bonchev–Trinajstić information content (AvgIpc) is 2.46. The lowest BCUT2D eigenvalue weighted by atomic mass is 10.0. The van der Waals surface area contributed by atoms with Crippen molar-refractivity contribution in [3.63, 3.8) is 0 Å². The minimum absolute atomic E-state index is 0.0547. The van der Waals surface area contributed by atoms with E-state index >= 15 is 0 Å². The predicted octanol–water partition coefficient (Wildman–Crippen LogP) is 1.59. The first-order chi connectivity index (χ1) is 9.31. The summed E-state index contributed by atoms with van der Waals surface area (Å²) in [5.41, 5.74) is -0.944. The molecule has 1 heterocycles. The van der Waals surface area contributed by atoms with Gasteiger partial charge in [-0.05, 0) is 19.9 Å². The molecular formula is C14H16F2N2O2. The summed E-state index contributed by atoms with van der Waals surface area (Å²) < 4.78 is 26.8. The number of nitrogens with zero attached hydrogens (tertiary/aromatic N) is 1. The van der Waals surface area contributed by atoms with Crippen molar-refractivity contribution in [1.82, 2.24) is 10.2 Å². The molecule has 0 saturated carbocycles. The number of hydrogen-bond acceptors (Lipinski definition) is 2. The first kappa shape index (κ1) is 14.4. The first-order valence-electron chi connectivity index (χ1n) is 6.34. The van der Waals surface area contributed by atoms with E-state index in [0.29, 0.717) is 0 Å². The van der Waals surface area contributed by atoms with Crippen molar-refractivity contribution in [3.8, 4) is 0 Å². The molecule has 0 radical (unpaired) electrons. The summed E-state index contributed by atoms with van der Waals surface area (Å²) in [5, 5.41) is 2.61. The number of carbonyl (C=O) groups is 2. The van der Waals surface area contributed by atoms with Crippen LogP contribution in [0, 0.1) is 11.6 Å². The molecule has 0 spiro atoms. The largest absolute Gasteiger partial charge is 0.342 e. The van der Waals surface area contributed by atoms with Gasteiger partial charge in [0, 0.05) is 25.1 Å². The normalized spacial score (nSPS) is 18.7. The molecule has 1 aromatic rings. The lowest BCUT2D eigenvalue weighted by Gasteiger charge is -2.29. The van der Waals surface area contributed by atoms with E-state index in [4.69, 9.17) is 0 Å². The Hall–Kier alpha value is -1.98. The maximum absolute atomic E-state index is 13.7. The van der Waals surface area contributed by atoms with Crippen LogP contribution in [0.2, 0.25) is 0 Å². The quantitative estimate of drug-likeness (QED) is 0.895. The summed E-state index contributed by atoms with van der Waals surface area (Å²) in [4.78, 5) is 25.2. The molecule has 1 aliphatic heterocycles. The minimum Gasteiger partial charge on any atom is -0.342 e. The van der Waals surface area contributed by atoms with Crippen LogP contribution in [0.3, 0.4) is 0 Å². The zero-order valence-corrected chi connectivity index (χ0v) is 11.4. The van der Waals surface area contributed by atoms with E-state index in [2.05, 4.69) is 5.32 Å². The van der Waals surface area contributed by atoms with Crippen molar-refractivity contribution in [1.29, 1.82) is 0 Å². The molecule has 4 nitrogen and oxygen atoms in total. The van der Waals surface area contributed by atoms with E-state index in [-0.39, 0.29) is 36.9 Å². The summed E-state index contributed by atoms with van der Waals surface area (Å²) >= 11 is 0. The fourth-order valence-corrected chi connectivity index (χ4v) is 2.22. The van der Waals surface area contributed by atoms with Gasteiger partial charge in [0.2, 0.25) is 11.8 Å². The van der Waals surface area contributed by atoms with E-state index in [1.807, 2.05) is 0 Å². The molecule has 2 rings (SSSR count). The highest BCUT2D eigenvalue weighted by atomic mass is 19.2. The molecule has 0 bridgehead atoms. The van der Waals surface area contributed by atoms with Crippen LogP contribution in [0.1, 0.15) is 25.8 Å². The number of carbonyl (C=O) groups excluding carboxylic acids is 2. The molecule has 1 fully saturated rings. The van der Waals surface area contributed by atoms with E-state index in [1.165, 1.54) is 17.0 Å². The van der Waals surface area contributed by atoms with Crippen molar-refractivity contribution in [2.45, 2.75) is 32.4 Å². The highest BCUT2D eigenvalue weighted by Gasteiger charge is 2.36. The van der Waals surface area contributed by atoms with Crippen molar-refractivity contribution >= 4 is 11.8 Å². The van der Waals surface area contributed by atoms with Crippen LogP contribution >= 0.6 is 0 Å². The van der Waals surface area contributed by atoms with Crippen LogP contribution in [0.5, 0.6) is 0 Å². The molecule has 6 heteroatoms. The van der Waals surface area contributed by atoms with Crippen LogP contribution in [0.15, 0.2) is 18.2 Å². The molecule has 0 aromatic heterocycles. The van der Waals surface area contributed by atoms with Crippen LogP contribution in [-0.2, 0) is 16.1 Å². The molecule has 0 aliphatic carbocycles. The van der Waals surface area contributed by atoms with Gasteiger partial charge in [-0.25, -0.2) is 8.78 Å². The van der Waals surface area contributed by atoms with Crippen LogP contribution in [-0.4, -0.2) is 28.8 Å². The SMILES string of the molecule is CC1(C)NC(=O)CCN(Cc2cccc(F)c2F)C1=O. The lowest BCUT2D eigenvalue weighted by Crippen LogP contribution is -2.52. The van der Waals surface area contributed by atoms with Crippen LogP contribution in [0.4, 0.5) is 8.78 Å². The van der Waals surface area contributed by atoms with Crippen LogP contribution < -0.4 is 5.32 Å². The third-order valence-electron chi connectivity index (χ3n) is 3.28. The fourth-order valence-electron chi connectivity index (χ4n) is 2.22. The fraction of sp³-hybridized carbons (Fsp3) is 0.429. The minimum atomic E-state index is -1.04. The lowest BCUT2D eigenvalue weighted by molar-refractivity contribution is -0.137. The second-order valence-corrected chi connectivity index (χ2v) is 5.36. The van der Waals surface area contributed by atoms with Gasteiger partial charge in [0.1, 0.15) is 5.54 Å². The first-order valence-corrected chi connectivity index (χ1v) is 6.34. The van der Waals surface area contributed by atoms with Gasteiger partial charge >= 0.3 is 0 Å². The van der Waals surface area contributed by atoms with Gasteiger partial charge in [0.15, 0.2) is 11.6 Å². The van der Waals surface area contributed by atoms with Gasteiger partial charge in [-0.3, -0.25) is 9.59 Å². The predicted molar refractivity (Wildman–Crippen MR) is 68.6 cm³/mol. The molecule has 1 aromatic carbocycles. The topological polar surface area (TPSA) is 49.4 Å². The number of halogens is 2. The maximum atomic E-state index is 13.7. The third kappa shape index (κ3) is 2.79. The highest BCUT2D eigenvalue weighted by Crippen LogP contribution is 2.18. The Labute approximate surface area is 115 Å². The Balaban J connectivity index is 2.25. The maximum Gasteiger partial charge on any atom is 0.248 e. The summed E-state index contributed by atoms with van der Waals surface area (Å²) in [6.07, 6.45) is 0.145. The van der Waals surface area contributed by atoms with Gasteiger partial charge < -0.3 is 10.2 Å². The zero-order chi connectivity index (χ0) is 14.9. The Morgan fingerprint density at radius 2 is 2.00 bits per heavy atom. The molecule has 1 aliphatic rings. The number of hydrogen-bond donors (Lipinski definition) is 1. The van der Waals surface area contributed by atoms with Gasteiger partial charge in [-0.15, -0.1) is 0 Å². The van der Waals surface area contributed by atoms with E-state index in [1.54, 1.807) is 13.8 Å². The van der Waals surface area contributed by atoms with Gasteiger partial charge in [-0.1, -0.05) is 12.1 Å². The van der Waals surface area contributed by atoms with E-state index in [0.717, 1.165) is 6.07 Å². The second kappa shape index (κ2) is 5.19. The Morgan fingerprint density at radius 3 is 2.70 bits per heavy atom. The molecule has 108 valence electrons. The Kier molecular flexibility index (Phi) is 3.74. The molecule has 0 unspecified atom stereocenters. The van der Waals surface area contributed by atoms with E-state index < -0.39 is 17.2 Å². The Bertz CT molecular complexity index is 558. The molecule has 20 heavy (non-hydrogen) atoms. The third-order valence-corrected chi connectivity index (χ3v) is 3.28. The molecule has 1 saturated heterocycles. The van der Waals surface area contributed by atoms with Gasteiger partial charge in [0.05, 0.1) is 0 Å². The monoisotopic (exact) mass is 282 g/mol. The Morgan fingerprint density at radius 1 is 1.30 bits per heavy atom. The summed E-state index contributed by atoms with van der Waals surface area (Å²) in [6.45, 7) is 3.31. The van der Waals surface area contributed by atoms with Crippen molar-refractivity contribution < 1.29 is 18.4 Å². The zero-order valence-electron chi connectivity index (χ0n) is 11.4. The van der Waals surface area contributed by atoms with Crippen molar-refractivity contribution in [3.05, 3.63) is 35.4 Å². The van der Waals surface area contributed by atoms with Crippen molar-refractivity contribution in [2.24, 2.45) is 0 Å². The molecule has 0 atom stereocenters. The summed E-state index contributed by atoms with van der Waals surface area (Å²) in [5.74, 6) is -2.45. The van der Waals surface area contributed by atoms with Gasteiger partial charge in [-0.2, -0.15) is 0 Å². The smallest absolute Gasteiger partial charge is 0.248 e. The number of nitrogens with one attached hydrogen (secondary N) is 1. The summed E-state index contributed by atoms with van der Waals surface area (Å²) in [6, 6.07) is 3.85. The van der Waals surface area contributed by atoms with Gasteiger partial charge in [0.25, 0.3) is 0 Å². The number of benzene rings is 1. The van der Waals surface area contributed by atoms with Crippen molar-refractivity contribution in [2.75, 3.05) is 6.54 Å². The second-order valence-electron chi connectivity index (χ2n) is 5.36. The molecule has 1 N–H and O–H groups in total. The molecular weight excluding hydrogens is 266 g/mol. The highest BCUT2D eigenvalue weighted by molar-refractivity contribution is 5.92. The van der Waals surface area contributed by atoms with Crippen LogP contribution in [0.25, 0.3) is 0 Å². The average molecular weight is 282 g/mol. The molecule has 2 amide bonds. The van der Waals surface area contributed by atoms with E-state index in [9.17, 15) is 18.4 Å².